The second-order valence-corrected chi connectivity index (χ2v) is 6.25. The second-order valence-electron chi connectivity index (χ2n) is 6.25. The molecule has 0 saturated heterocycles. The van der Waals surface area contributed by atoms with Crippen molar-refractivity contribution in [3.05, 3.63) is 59.7 Å². The van der Waals surface area contributed by atoms with Crippen molar-refractivity contribution < 1.29 is 24.2 Å². The number of amides is 1. The molecule has 1 aliphatic rings. The minimum atomic E-state index is -1.03. The average Bonchev–Trinajstić information content (AvgIpc) is 3.05. The molecule has 27 heavy (non-hydrogen) atoms. The van der Waals surface area contributed by atoms with Gasteiger partial charge in [-0.15, -0.1) is 0 Å². The standard InChI is InChI=1S/C21H17NO5/c1-26-14-5-2-12(3-6-14)20-16-9-15(27-11-19(23)24)7-4-13(16)8-17-18(20)10-22-21(17)25/h2-9H,10-11H2,1H3,(H,22,25)(H,23,24). The van der Waals surface area contributed by atoms with Crippen LogP contribution in [-0.2, 0) is 11.3 Å². The van der Waals surface area contributed by atoms with E-state index in [9.17, 15) is 9.59 Å². The number of carboxylic acid groups (broad SMARTS) is 1. The fourth-order valence-electron chi connectivity index (χ4n) is 3.39. The Bertz CT molecular complexity index is 1060. The predicted octanol–water partition coefficient (Wildman–Crippen LogP) is 3.22. The molecule has 0 bridgehead atoms. The van der Waals surface area contributed by atoms with Crippen LogP contribution in [0.3, 0.4) is 0 Å². The number of benzene rings is 3. The van der Waals surface area contributed by atoms with Gasteiger partial charge < -0.3 is 19.9 Å². The lowest BCUT2D eigenvalue weighted by Gasteiger charge is -2.14. The first kappa shape index (κ1) is 16.9. The summed E-state index contributed by atoms with van der Waals surface area (Å²) in [6.45, 7) is 0.0417. The van der Waals surface area contributed by atoms with Gasteiger partial charge in [-0.2, -0.15) is 0 Å². The molecule has 0 spiro atoms. The first-order valence-electron chi connectivity index (χ1n) is 8.43. The summed E-state index contributed by atoms with van der Waals surface area (Å²) in [5.74, 6) is 0.0919. The Morgan fingerprint density at radius 1 is 1.11 bits per heavy atom. The molecule has 1 amide bonds. The van der Waals surface area contributed by atoms with Crippen LogP contribution < -0.4 is 14.8 Å². The number of carbonyl (C=O) groups excluding carboxylic acids is 1. The van der Waals surface area contributed by atoms with Crippen LogP contribution in [0.4, 0.5) is 0 Å². The van der Waals surface area contributed by atoms with E-state index in [-0.39, 0.29) is 5.91 Å². The first-order valence-corrected chi connectivity index (χ1v) is 8.43. The Balaban J connectivity index is 1.92. The number of rotatable bonds is 5. The molecule has 0 radical (unpaired) electrons. The predicted molar refractivity (Wildman–Crippen MR) is 100 cm³/mol. The highest BCUT2D eigenvalue weighted by atomic mass is 16.5. The van der Waals surface area contributed by atoms with E-state index in [1.807, 2.05) is 42.5 Å². The number of aliphatic carboxylic acids is 1. The number of nitrogens with one attached hydrogen (secondary N) is 1. The summed E-state index contributed by atoms with van der Waals surface area (Å²) in [5, 5.41) is 13.5. The molecule has 3 aromatic rings. The monoisotopic (exact) mass is 363 g/mol. The van der Waals surface area contributed by atoms with Crippen LogP contribution in [0.15, 0.2) is 48.5 Å². The molecular weight excluding hydrogens is 346 g/mol. The highest BCUT2D eigenvalue weighted by Gasteiger charge is 2.25. The first-order chi connectivity index (χ1) is 13.1. The average molecular weight is 363 g/mol. The SMILES string of the molecule is COc1ccc(-c2c3c(cc4ccc(OCC(=O)O)cc24)C(=O)NC3)cc1. The van der Waals surface area contributed by atoms with Crippen molar-refractivity contribution >= 4 is 22.6 Å². The van der Waals surface area contributed by atoms with Crippen molar-refractivity contribution in [3.63, 3.8) is 0 Å². The van der Waals surface area contributed by atoms with E-state index in [0.29, 0.717) is 17.9 Å². The zero-order chi connectivity index (χ0) is 19.0. The Labute approximate surface area is 155 Å². The summed E-state index contributed by atoms with van der Waals surface area (Å²) >= 11 is 0. The molecule has 2 N–H and O–H groups in total. The quantitative estimate of drug-likeness (QED) is 0.727. The fourth-order valence-corrected chi connectivity index (χ4v) is 3.39. The summed E-state index contributed by atoms with van der Waals surface area (Å²) in [6, 6.07) is 14.9. The van der Waals surface area contributed by atoms with Gasteiger partial charge in [0.05, 0.1) is 7.11 Å². The van der Waals surface area contributed by atoms with Crippen LogP contribution in [0.2, 0.25) is 0 Å². The lowest BCUT2D eigenvalue weighted by Crippen LogP contribution is -2.12. The Morgan fingerprint density at radius 3 is 2.56 bits per heavy atom. The molecule has 0 saturated carbocycles. The zero-order valence-electron chi connectivity index (χ0n) is 14.6. The van der Waals surface area contributed by atoms with Gasteiger partial charge in [-0.3, -0.25) is 4.79 Å². The van der Waals surface area contributed by atoms with Crippen LogP contribution in [0.25, 0.3) is 21.9 Å². The molecule has 0 fully saturated rings. The van der Waals surface area contributed by atoms with Crippen molar-refractivity contribution in [2.75, 3.05) is 13.7 Å². The summed E-state index contributed by atoms with van der Waals surface area (Å²) < 4.78 is 10.6. The summed E-state index contributed by atoms with van der Waals surface area (Å²) in [4.78, 5) is 23.0. The highest BCUT2D eigenvalue weighted by molar-refractivity contribution is 6.09. The number of hydrogen-bond donors (Lipinski definition) is 2. The molecule has 136 valence electrons. The van der Waals surface area contributed by atoms with Gasteiger partial charge in [0.2, 0.25) is 0 Å². The van der Waals surface area contributed by atoms with Gasteiger partial charge in [-0.05, 0) is 57.8 Å². The van der Waals surface area contributed by atoms with E-state index < -0.39 is 12.6 Å². The van der Waals surface area contributed by atoms with Crippen molar-refractivity contribution in [2.24, 2.45) is 0 Å². The molecule has 0 aliphatic carbocycles. The van der Waals surface area contributed by atoms with E-state index >= 15 is 0 Å². The van der Waals surface area contributed by atoms with Gasteiger partial charge in [0.1, 0.15) is 11.5 Å². The highest BCUT2D eigenvalue weighted by Crippen LogP contribution is 2.38. The lowest BCUT2D eigenvalue weighted by molar-refractivity contribution is -0.139. The number of fused-ring (bicyclic) bond motifs is 2. The smallest absolute Gasteiger partial charge is 0.341 e. The molecule has 0 unspecified atom stereocenters. The molecule has 6 heteroatoms. The number of hydrogen-bond acceptors (Lipinski definition) is 4. The summed E-state index contributed by atoms with van der Waals surface area (Å²) in [5.41, 5.74) is 3.47. The van der Waals surface area contributed by atoms with Crippen LogP contribution in [0.5, 0.6) is 11.5 Å². The molecule has 1 aliphatic heterocycles. The lowest BCUT2D eigenvalue weighted by atomic mass is 9.90. The Kier molecular flexibility index (Phi) is 4.16. The van der Waals surface area contributed by atoms with Crippen molar-refractivity contribution in [1.29, 1.82) is 0 Å². The van der Waals surface area contributed by atoms with E-state index in [4.69, 9.17) is 14.6 Å². The van der Waals surface area contributed by atoms with Crippen LogP contribution in [0.1, 0.15) is 15.9 Å². The third-order valence-electron chi connectivity index (χ3n) is 4.63. The van der Waals surface area contributed by atoms with Crippen LogP contribution >= 0.6 is 0 Å². The van der Waals surface area contributed by atoms with Gasteiger partial charge in [0.25, 0.3) is 5.91 Å². The number of carboxylic acids is 1. The van der Waals surface area contributed by atoms with E-state index in [2.05, 4.69) is 5.32 Å². The van der Waals surface area contributed by atoms with E-state index in [1.165, 1.54) is 0 Å². The minimum absolute atomic E-state index is 0.0899. The Hall–Kier alpha value is -3.54. The van der Waals surface area contributed by atoms with Gasteiger partial charge in [0.15, 0.2) is 6.61 Å². The topological polar surface area (TPSA) is 84.9 Å². The Morgan fingerprint density at radius 2 is 1.85 bits per heavy atom. The number of carbonyl (C=O) groups is 2. The molecular formula is C21H17NO5. The molecule has 3 aromatic carbocycles. The molecule has 4 rings (SSSR count). The molecule has 0 atom stereocenters. The number of methoxy groups -OCH3 is 1. The third-order valence-corrected chi connectivity index (χ3v) is 4.63. The normalized spacial score (nSPS) is 12.6. The van der Waals surface area contributed by atoms with Gasteiger partial charge in [0, 0.05) is 12.1 Å². The maximum absolute atomic E-state index is 12.2. The van der Waals surface area contributed by atoms with E-state index in [0.717, 1.165) is 33.2 Å². The van der Waals surface area contributed by atoms with Crippen molar-refractivity contribution in [2.45, 2.75) is 6.54 Å². The summed E-state index contributed by atoms with van der Waals surface area (Å²) in [6.07, 6.45) is 0. The maximum atomic E-state index is 12.2. The zero-order valence-corrected chi connectivity index (χ0v) is 14.6. The third kappa shape index (κ3) is 3.06. The van der Waals surface area contributed by atoms with E-state index in [1.54, 1.807) is 13.2 Å². The summed E-state index contributed by atoms with van der Waals surface area (Å²) in [7, 11) is 1.61. The molecule has 1 heterocycles. The van der Waals surface area contributed by atoms with Crippen molar-refractivity contribution in [3.8, 4) is 22.6 Å². The second kappa shape index (κ2) is 6.64. The fraction of sp³-hybridized carbons (Fsp3) is 0.143. The van der Waals surface area contributed by atoms with Gasteiger partial charge in [-0.25, -0.2) is 4.79 Å². The molecule has 6 nitrogen and oxygen atoms in total. The maximum Gasteiger partial charge on any atom is 0.341 e. The molecule has 0 aromatic heterocycles. The van der Waals surface area contributed by atoms with Crippen LogP contribution in [-0.4, -0.2) is 30.7 Å². The van der Waals surface area contributed by atoms with Gasteiger partial charge in [-0.1, -0.05) is 18.2 Å². The van der Waals surface area contributed by atoms with Crippen LogP contribution in [0, 0.1) is 0 Å². The van der Waals surface area contributed by atoms with Crippen molar-refractivity contribution in [1.82, 2.24) is 5.32 Å². The minimum Gasteiger partial charge on any atom is -0.497 e. The number of ether oxygens (including phenoxy) is 2. The van der Waals surface area contributed by atoms with Gasteiger partial charge >= 0.3 is 5.97 Å². The largest absolute Gasteiger partial charge is 0.497 e.